The summed E-state index contributed by atoms with van der Waals surface area (Å²) < 4.78 is 5.49. The lowest BCUT2D eigenvalue weighted by Gasteiger charge is -2.09. The van der Waals surface area contributed by atoms with Crippen LogP contribution in [0.15, 0.2) is 17.5 Å². The van der Waals surface area contributed by atoms with Gasteiger partial charge in [0.15, 0.2) is 0 Å². The zero-order valence-corrected chi connectivity index (χ0v) is 11.8. The Morgan fingerprint density at radius 3 is 3.10 bits per heavy atom. The summed E-state index contributed by atoms with van der Waals surface area (Å²) in [4.78, 5) is 23.1. The van der Waals surface area contributed by atoms with E-state index in [4.69, 9.17) is 9.84 Å². The van der Waals surface area contributed by atoms with E-state index in [1.165, 1.54) is 17.4 Å². The Kier molecular flexibility index (Phi) is 5.31. The van der Waals surface area contributed by atoms with E-state index in [-0.39, 0.29) is 12.0 Å². The maximum absolute atomic E-state index is 12.0. The SMILES string of the molecule is O=C(O)C=Cc1ccsc1C(=O)NCCC1CCCO1. The Bertz CT molecular complexity index is 503. The molecule has 20 heavy (non-hydrogen) atoms. The Morgan fingerprint density at radius 1 is 1.55 bits per heavy atom. The molecule has 2 N–H and O–H groups in total. The first-order chi connectivity index (χ1) is 9.66. The van der Waals surface area contributed by atoms with Crippen LogP contribution in [0.4, 0.5) is 0 Å². The second kappa shape index (κ2) is 7.21. The van der Waals surface area contributed by atoms with Crippen LogP contribution in [0.5, 0.6) is 0 Å². The third kappa shape index (κ3) is 4.18. The molecule has 2 rings (SSSR count). The van der Waals surface area contributed by atoms with E-state index >= 15 is 0 Å². The van der Waals surface area contributed by atoms with Gasteiger partial charge in [-0.25, -0.2) is 4.79 Å². The minimum Gasteiger partial charge on any atom is -0.478 e. The van der Waals surface area contributed by atoms with Crippen LogP contribution >= 0.6 is 11.3 Å². The first-order valence-electron chi connectivity index (χ1n) is 6.55. The van der Waals surface area contributed by atoms with Gasteiger partial charge in [-0.2, -0.15) is 0 Å². The summed E-state index contributed by atoms with van der Waals surface area (Å²) in [5.74, 6) is -1.19. The molecule has 1 atom stereocenters. The Labute approximate surface area is 121 Å². The average molecular weight is 295 g/mol. The minimum atomic E-state index is -1.03. The predicted molar refractivity (Wildman–Crippen MR) is 76.9 cm³/mol. The van der Waals surface area contributed by atoms with E-state index in [0.29, 0.717) is 17.0 Å². The molecule has 1 aromatic heterocycles. The van der Waals surface area contributed by atoms with Gasteiger partial charge in [0, 0.05) is 19.2 Å². The van der Waals surface area contributed by atoms with Crippen LogP contribution in [-0.4, -0.2) is 36.2 Å². The molecule has 1 amide bonds. The van der Waals surface area contributed by atoms with Crippen LogP contribution in [0.2, 0.25) is 0 Å². The number of hydrogen-bond donors (Lipinski definition) is 2. The summed E-state index contributed by atoms with van der Waals surface area (Å²) in [6.45, 7) is 1.39. The van der Waals surface area contributed by atoms with Gasteiger partial charge in [0.2, 0.25) is 0 Å². The number of carbonyl (C=O) groups is 2. The lowest BCUT2D eigenvalue weighted by molar-refractivity contribution is -0.131. The van der Waals surface area contributed by atoms with Crippen molar-refractivity contribution in [3.63, 3.8) is 0 Å². The number of nitrogens with one attached hydrogen (secondary N) is 1. The van der Waals surface area contributed by atoms with Crippen molar-refractivity contribution in [1.82, 2.24) is 5.32 Å². The van der Waals surface area contributed by atoms with E-state index in [1.807, 2.05) is 0 Å². The molecule has 0 bridgehead atoms. The number of thiophene rings is 1. The normalized spacial score (nSPS) is 18.5. The van der Waals surface area contributed by atoms with Crippen LogP contribution in [-0.2, 0) is 9.53 Å². The number of carboxylic acids is 1. The van der Waals surface area contributed by atoms with Crippen LogP contribution in [0.3, 0.4) is 0 Å². The van der Waals surface area contributed by atoms with E-state index in [9.17, 15) is 9.59 Å². The molecule has 1 aliphatic rings. The average Bonchev–Trinajstić information content (AvgIpc) is 3.07. The second-order valence-electron chi connectivity index (χ2n) is 4.56. The molecule has 1 unspecified atom stereocenters. The Morgan fingerprint density at radius 2 is 2.40 bits per heavy atom. The maximum Gasteiger partial charge on any atom is 0.328 e. The molecule has 1 saturated heterocycles. The molecule has 5 nitrogen and oxygen atoms in total. The van der Waals surface area contributed by atoms with Gasteiger partial charge in [-0.05, 0) is 42.3 Å². The quantitative estimate of drug-likeness (QED) is 0.788. The van der Waals surface area contributed by atoms with Gasteiger partial charge in [-0.3, -0.25) is 4.79 Å². The van der Waals surface area contributed by atoms with Crippen molar-refractivity contribution in [2.45, 2.75) is 25.4 Å². The van der Waals surface area contributed by atoms with Crippen LogP contribution in [0, 0.1) is 0 Å². The summed E-state index contributed by atoms with van der Waals surface area (Å²) in [7, 11) is 0. The summed E-state index contributed by atoms with van der Waals surface area (Å²) in [6, 6.07) is 1.74. The number of carboxylic acid groups (broad SMARTS) is 1. The molecule has 0 aromatic carbocycles. The van der Waals surface area contributed by atoms with Gasteiger partial charge in [-0.1, -0.05) is 0 Å². The third-order valence-electron chi connectivity index (χ3n) is 3.08. The molecule has 1 aromatic rings. The molecule has 0 radical (unpaired) electrons. The Hall–Kier alpha value is -1.66. The molecule has 1 fully saturated rings. The monoisotopic (exact) mass is 295 g/mol. The van der Waals surface area contributed by atoms with Crippen molar-refractivity contribution in [2.75, 3.05) is 13.2 Å². The van der Waals surface area contributed by atoms with E-state index in [2.05, 4.69) is 5.32 Å². The number of ether oxygens (including phenoxy) is 1. The zero-order chi connectivity index (χ0) is 14.4. The topological polar surface area (TPSA) is 75.6 Å². The fraction of sp³-hybridized carbons (Fsp3) is 0.429. The number of carbonyl (C=O) groups excluding carboxylic acids is 1. The second-order valence-corrected chi connectivity index (χ2v) is 5.47. The standard InChI is InChI=1S/C14H17NO4S/c16-12(17)4-3-10-6-9-20-13(10)14(18)15-7-5-11-2-1-8-19-11/h3-4,6,9,11H,1-2,5,7-8H2,(H,15,18)(H,16,17). The van der Waals surface area contributed by atoms with E-state index in [1.54, 1.807) is 11.4 Å². The highest BCUT2D eigenvalue weighted by atomic mass is 32.1. The number of rotatable bonds is 6. The summed E-state index contributed by atoms with van der Waals surface area (Å²) >= 11 is 1.30. The van der Waals surface area contributed by atoms with Crippen molar-refractivity contribution >= 4 is 29.3 Å². The van der Waals surface area contributed by atoms with Gasteiger partial charge in [0.05, 0.1) is 11.0 Å². The maximum atomic E-state index is 12.0. The molecule has 0 saturated carbocycles. The fourth-order valence-corrected chi connectivity index (χ4v) is 2.90. The lowest BCUT2D eigenvalue weighted by Crippen LogP contribution is -2.26. The van der Waals surface area contributed by atoms with Gasteiger partial charge in [0.1, 0.15) is 0 Å². The number of amides is 1. The molecule has 0 spiro atoms. The van der Waals surface area contributed by atoms with E-state index < -0.39 is 5.97 Å². The molecule has 108 valence electrons. The number of aliphatic carboxylic acids is 1. The highest BCUT2D eigenvalue weighted by molar-refractivity contribution is 7.12. The molecule has 6 heteroatoms. The molecular weight excluding hydrogens is 278 g/mol. The van der Waals surface area contributed by atoms with Crippen LogP contribution < -0.4 is 5.32 Å². The highest BCUT2D eigenvalue weighted by Gasteiger charge is 2.16. The largest absolute Gasteiger partial charge is 0.478 e. The van der Waals surface area contributed by atoms with Crippen LogP contribution in [0.1, 0.15) is 34.5 Å². The van der Waals surface area contributed by atoms with Gasteiger partial charge < -0.3 is 15.2 Å². The highest BCUT2D eigenvalue weighted by Crippen LogP contribution is 2.19. The van der Waals surface area contributed by atoms with Crippen molar-refractivity contribution < 1.29 is 19.4 Å². The smallest absolute Gasteiger partial charge is 0.328 e. The lowest BCUT2D eigenvalue weighted by atomic mass is 10.2. The fourth-order valence-electron chi connectivity index (χ4n) is 2.09. The van der Waals surface area contributed by atoms with Crippen molar-refractivity contribution in [2.24, 2.45) is 0 Å². The molecule has 0 aliphatic carbocycles. The summed E-state index contributed by atoms with van der Waals surface area (Å²) in [5.41, 5.74) is 0.631. The first kappa shape index (κ1) is 14.7. The third-order valence-corrected chi connectivity index (χ3v) is 4.01. The summed E-state index contributed by atoms with van der Waals surface area (Å²) in [6.07, 6.45) is 5.69. The molecule has 2 heterocycles. The summed E-state index contributed by atoms with van der Waals surface area (Å²) in [5, 5.41) is 13.2. The molecular formula is C14H17NO4S. The molecule has 1 aliphatic heterocycles. The minimum absolute atomic E-state index is 0.164. The van der Waals surface area contributed by atoms with Gasteiger partial charge in [-0.15, -0.1) is 11.3 Å². The van der Waals surface area contributed by atoms with Crippen molar-refractivity contribution in [3.8, 4) is 0 Å². The Balaban J connectivity index is 1.85. The van der Waals surface area contributed by atoms with E-state index in [0.717, 1.165) is 31.9 Å². The van der Waals surface area contributed by atoms with Crippen LogP contribution in [0.25, 0.3) is 6.08 Å². The predicted octanol–water partition coefficient (Wildman–Crippen LogP) is 2.14. The van der Waals surface area contributed by atoms with Crippen molar-refractivity contribution in [1.29, 1.82) is 0 Å². The van der Waals surface area contributed by atoms with Crippen molar-refractivity contribution in [3.05, 3.63) is 28.0 Å². The number of hydrogen-bond acceptors (Lipinski definition) is 4. The van der Waals surface area contributed by atoms with Gasteiger partial charge >= 0.3 is 5.97 Å². The van der Waals surface area contributed by atoms with Gasteiger partial charge in [0.25, 0.3) is 5.91 Å². The first-order valence-corrected chi connectivity index (χ1v) is 7.43. The zero-order valence-electron chi connectivity index (χ0n) is 11.0.